The molecular formula is C13H12ClNO3S. The molecule has 19 heavy (non-hydrogen) atoms. The van der Waals surface area contributed by atoms with E-state index in [0.717, 1.165) is 4.90 Å². The van der Waals surface area contributed by atoms with E-state index in [1.54, 1.807) is 18.2 Å². The predicted molar refractivity (Wildman–Crippen MR) is 75.8 cm³/mol. The zero-order chi connectivity index (χ0) is 14.0. The Bertz CT molecular complexity index is 612. The van der Waals surface area contributed by atoms with Gasteiger partial charge in [0.2, 0.25) is 5.76 Å². The number of halogens is 1. The highest BCUT2D eigenvalue weighted by atomic mass is 35.5. The summed E-state index contributed by atoms with van der Waals surface area (Å²) in [6.07, 6.45) is 0. The molecular weight excluding hydrogens is 286 g/mol. The average Bonchev–Trinajstić information content (AvgIpc) is 2.82. The van der Waals surface area contributed by atoms with E-state index in [1.165, 1.54) is 17.8 Å². The maximum atomic E-state index is 10.8. The van der Waals surface area contributed by atoms with Gasteiger partial charge in [0, 0.05) is 15.6 Å². The Morgan fingerprint density at radius 2 is 2.16 bits per heavy atom. The zero-order valence-corrected chi connectivity index (χ0v) is 11.7. The highest BCUT2D eigenvalue weighted by molar-refractivity contribution is 7.99. The van der Waals surface area contributed by atoms with Crippen molar-refractivity contribution in [3.05, 3.63) is 46.9 Å². The smallest absolute Gasteiger partial charge is 0.371 e. The number of carboxylic acid groups (broad SMARTS) is 1. The molecule has 1 atom stereocenters. The molecule has 3 N–H and O–H groups in total. The van der Waals surface area contributed by atoms with E-state index in [4.69, 9.17) is 26.9 Å². The van der Waals surface area contributed by atoms with Crippen LogP contribution in [0.5, 0.6) is 0 Å². The van der Waals surface area contributed by atoms with Crippen LogP contribution in [0.4, 0.5) is 5.69 Å². The van der Waals surface area contributed by atoms with Gasteiger partial charge in [0.15, 0.2) is 0 Å². The Morgan fingerprint density at radius 1 is 1.42 bits per heavy atom. The van der Waals surface area contributed by atoms with Gasteiger partial charge in [-0.2, -0.15) is 0 Å². The number of anilines is 1. The minimum absolute atomic E-state index is 0.0448. The molecule has 100 valence electrons. The topological polar surface area (TPSA) is 76.5 Å². The number of nitrogens with two attached hydrogens (primary N) is 1. The molecule has 0 saturated carbocycles. The summed E-state index contributed by atoms with van der Waals surface area (Å²) in [6, 6.07) is 8.38. The summed E-state index contributed by atoms with van der Waals surface area (Å²) in [5, 5.41) is 9.35. The number of carboxylic acids is 1. The number of benzene rings is 1. The first-order valence-corrected chi connectivity index (χ1v) is 6.78. The van der Waals surface area contributed by atoms with Crippen molar-refractivity contribution in [1.82, 2.24) is 0 Å². The quantitative estimate of drug-likeness (QED) is 0.657. The number of hydrogen-bond acceptors (Lipinski definition) is 4. The highest BCUT2D eigenvalue weighted by Gasteiger charge is 2.16. The lowest BCUT2D eigenvalue weighted by Gasteiger charge is -2.10. The first-order chi connectivity index (χ1) is 8.97. The summed E-state index contributed by atoms with van der Waals surface area (Å²) in [7, 11) is 0. The van der Waals surface area contributed by atoms with E-state index >= 15 is 0 Å². The Kier molecular flexibility index (Phi) is 4.07. The van der Waals surface area contributed by atoms with E-state index in [2.05, 4.69) is 0 Å². The molecule has 0 radical (unpaired) electrons. The Morgan fingerprint density at radius 3 is 2.74 bits per heavy atom. The molecule has 0 fully saturated rings. The van der Waals surface area contributed by atoms with Crippen molar-refractivity contribution in [2.45, 2.75) is 17.1 Å². The molecule has 0 aliphatic rings. The van der Waals surface area contributed by atoms with Gasteiger partial charge in [0.25, 0.3) is 0 Å². The third-order valence-electron chi connectivity index (χ3n) is 2.51. The maximum absolute atomic E-state index is 10.8. The van der Waals surface area contributed by atoms with Crippen molar-refractivity contribution in [2.24, 2.45) is 0 Å². The first-order valence-electron chi connectivity index (χ1n) is 5.52. The summed E-state index contributed by atoms with van der Waals surface area (Å²) in [5.41, 5.74) is 6.46. The summed E-state index contributed by atoms with van der Waals surface area (Å²) in [5.74, 6) is -0.544. The first kappa shape index (κ1) is 13.8. The van der Waals surface area contributed by atoms with Crippen molar-refractivity contribution >= 4 is 35.0 Å². The monoisotopic (exact) mass is 297 g/mol. The van der Waals surface area contributed by atoms with Gasteiger partial charge >= 0.3 is 5.97 Å². The normalized spacial score (nSPS) is 12.3. The van der Waals surface area contributed by atoms with Crippen LogP contribution in [0.15, 0.2) is 39.6 Å². The SMILES string of the molecule is CC(Sc1ccc(Cl)cc1N)c1ccc(C(=O)O)o1. The Balaban J connectivity index is 2.15. The van der Waals surface area contributed by atoms with E-state index in [-0.39, 0.29) is 11.0 Å². The number of nitrogen functional groups attached to an aromatic ring is 1. The van der Waals surface area contributed by atoms with E-state index in [9.17, 15) is 4.79 Å². The van der Waals surface area contributed by atoms with Gasteiger partial charge in [-0.25, -0.2) is 4.79 Å². The van der Waals surface area contributed by atoms with Crippen LogP contribution < -0.4 is 5.73 Å². The second-order valence-corrected chi connectivity index (χ2v) is 5.77. The number of aromatic carboxylic acids is 1. The summed E-state index contributed by atoms with van der Waals surface area (Å²) < 4.78 is 5.26. The van der Waals surface area contributed by atoms with E-state index in [0.29, 0.717) is 16.5 Å². The molecule has 1 aromatic heterocycles. The number of rotatable bonds is 4. The number of furan rings is 1. The van der Waals surface area contributed by atoms with Crippen molar-refractivity contribution in [1.29, 1.82) is 0 Å². The molecule has 2 aromatic rings. The highest BCUT2D eigenvalue weighted by Crippen LogP contribution is 2.39. The van der Waals surface area contributed by atoms with E-state index in [1.807, 2.05) is 13.0 Å². The average molecular weight is 298 g/mol. The molecule has 0 spiro atoms. The van der Waals surface area contributed by atoms with E-state index < -0.39 is 5.97 Å². The van der Waals surface area contributed by atoms with Crippen LogP contribution in [0.2, 0.25) is 5.02 Å². The number of thioether (sulfide) groups is 1. The zero-order valence-electron chi connectivity index (χ0n) is 10.1. The molecule has 6 heteroatoms. The fourth-order valence-corrected chi connectivity index (χ4v) is 2.71. The lowest BCUT2D eigenvalue weighted by atomic mass is 10.3. The molecule has 1 aromatic carbocycles. The third kappa shape index (κ3) is 3.24. The summed E-state index contributed by atoms with van der Waals surface area (Å²) in [6.45, 7) is 1.92. The molecule has 0 aliphatic heterocycles. The molecule has 0 aliphatic carbocycles. The molecule has 0 saturated heterocycles. The van der Waals surface area contributed by atoms with Gasteiger partial charge < -0.3 is 15.3 Å². The Labute approximate surface area is 119 Å². The minimum Gasteiger partial charge on any atom is -0.475 e. The third-order valence-corrected chi connectivity index (χ3v) is 3.96. The minimum atomic E-state index is -1.07. The predicted octanol–water partition coefficient (Wildman–Crippen LogP) is 4.07. The molecule has 0 amide bonds. The van der Waals surface area contributed by atoms with Crippen molar-refractivity contribution in [3.8, 4) is 0 Å². The fourth-order valence-electron chi connectivity index (χ4n) is 1.56. The van der Waals surface area contributed by atoms with Crippen molar-refractivity contribution in [2.75, 3.05) is 5.73 Å². The largest absolute Gasteiger partial charge is 0.475 e. The van der Waals surface area contributed by atoms with Crippen molar-refractivity contribution in [3.63, 3.8) is 0 Å². The molecule has 1 heterocycles. The second-order valence-electron chi connectivity index (χ2n) is 3.95. The number of hydrogen-bond donors (Lipinski definition) is 2. The standard InChI is InChI=1S/C13H12ClNO3S/c1-7(10-3-4-11(18-10)13(16)17)19-12-5-2-8(14)6-9(12)15/h2-7H,15H2,1H3,(H,16,17). The molecule has 0 bridgehead atoms. The van der Waals surface area contributed by atoms with Gasteiger partial charge in [-0.15, -0.1) is 11.8 Å². The van der Waals surface area contributed by atoms with Gasteiger partial charge in [0.05, 0.1) is 5.25 Å². The maximum Gasteiger partial charge on any atom is 0.371 e. The van der Waals surface area contributed by atoms with Gasteiger partial charge in [0.1, 0.15) is 5.76 Å². The molecule has 2 rings (SSSR count). The Hall–Kier alpha value is -1.59. The van der Waals surface area contributed by atoms with Crippen LogP contribution in [-0.4, -0.2) is 11.1 Å². The van der Waals surface area contributed by atoms with Gasteiger partial charge in [-0.1, -0.05) is 11.6 Å². The second kappa shape index (κ2) is 5.59. The lowest BCUT2D eigenvalue weighted by molar-refractivity contribution is 0.0660. The summed E-state index contributed by atoms with van der Waals surface area (Å²) >= 11 is 7.32. The molecule has 1 unspecified atom stereocenters. The lowest BCUT2D eigenvalue weighted by Crippen LogP contribution is -1.93. The summed E-state index contributed by atoms with van der Waals surface area (Å²) in [4.78, 5) is 11.6. The van der Waals surface area contributed by atoms with Crippen LogP contribution in [-0.2, 0) is 0 Å². The number of carbonyl (C=O) groups is 1. The van der Waals surface area contributed by atoms with Crippen LogP contribution in [0.1, 0.15) is 28.5 Å². The molecule has 4 nitrogen and oxygen atoms in total. The fraction of sp³-hybridized carbons (Fsp3) is 0.154. The van der Waals surface area contributed by atoms with Crippen LogP contribution in [0.3, 0.4) is 0 Å². The van der Waals surface area contributed by atoms with Crippen molar-refractivity contribution < 1.29 is 14.3 Å². The van der Waals surface area contributed by atoms with Gasteiger partial charge in [-0.3, -0.25) is 0 Å². The van der Waals surface area contributed by atoms with Crippen LogP contribution in [0.25, 0.3) is 0 Å². The van der Waals surface area contributed by atoms with Crippen LogP contribution in [0, 0.1) is 0 Å². The van der Waals surface area contributed by atoms with Gasteiger partial charge in [-0.05, 0) is 37.3 Å². The van der Waals surface area contributed by atoms with Crippen LogP contribution >= 0.6 is 23.4 Å².